The topological polar surface area (TPSA) is 36.6 Å². The summed E-state index contributed by atoms with van der Waals surface area (Å²) in [5, 5.41) is 16.3. The molecule has 2 aromatic heterocycles. The van der Waals surface area contributed by atoms with Crippen molar-refractivity contribution in [2.75, 3.05) is 39.3 Å². The van der Waals surface area contributed by atoms with Crippen molar-refractivity contribution in [3.63, 3.8) is 0 Å². The zero-order chi connectivity index (χ0) is 26.2. The van der Waals surface area contributed by atoms with Crippen LogP contribution in [0.4, 0.5) is 0 Å². The summed E-state index contributed by atoms with van der Waals surface area (Å²) in [5.74, 6) is 0. The highest BCUT2D eigenvalue weighted by Crippen LogP contribution is 2.30. The predicted octanol–water partition coefficient (Wildman–Crippen LogP) is 5.97. The molecule has 1 aliphatic rings. The molecule has 1 aliphatic heterocycles. The zero-order valence-corrected chi connectivity index (χ0v) is 22.4. The van der Waals surface area contributed by atoms with Crippen LogP contribution in [0.25, 0.3) is 43.6 Å². The van der Waals surface area contributed by atoms with Gasteiger partial charge in [0.15, 0.2) is 0 Å². The quantitative estimate of drug-likeness (QED) is 0.271. The molecule has 0 saturated carbocycles. The second kappa shape index (κ2) is 10.5. The van der Waals surface area contributed by atoms with E-state index >= 15 is 0 Å². The molecule has 4 aromatic carbocycles. The molecule has 5 nitrogen and oxygen atoms in total. The summed E-state index contributed by atoms with van der Waals surface area (Å²) in [5.41, 5.74) is 5.07. The molecule has 1 atom stereocenters. The third kappa shape index (κ3) is 4.61. The Kier molecular flexibility index (Phi) is 6.57. The summed E-state index contributed by atoms with van der Waals surface area (Å²) in [6.45, 7) is 7.64. The highest BCUT2D eigenvalue weighted by atomic mass is 16.3. The number of para-hydroxylation sites is 4. The normalized spacial score (nSPS) is 16.1. The molecule has 3 heterocycles. The lowest BCUT2D eigenvalue weighted by atomic mass is 10.2. The van der Waals surface area contributed by atoms with Gasteiger partial charge in [0.2, 0.25) is 0 Å². The van der Waals surface area contributed by atoms with Crippen molar-refractivity contribution in [2.24, 2.45) is 0 Å². The Bertz CT molecular complexity index is 1630. The van der Waals surface area contributed by atoms with Gasteiger partial charge < -0.3 is 19.1 Å². The molecule has 6 aromatic rings. The third-order valence-electron chi connectivity index (χ3n) is 8.54. The van der Waals surface area contributed by atoms with Gasteiger partial charge in [-0.05, 0) is 37.2 Å². The smallest absolute Gasteiger partial charge is 0.0845 e. The fourth-order valence-electron chi connectivity index (χ4n) is 6.66. The Hall–Kier alpha value is -3.64. The van der Waals surface area contributed by atoms with Crippen LogP contribution in [-0.4, -0.2) is 69.4 Å². The maximum absolute atomic E-state index is 11.1. The van der Waals surface area contributed by atoms with E-state index in [1.54, 1.807) is 0 Å². The molecular weight excluding hydrogens is 480 g/mol. The molecule has 0 amide bonds. The number of benzene rings is 4. The lowest BCUT2D eigenvalue weighted by molar-refractivity contribution is 0.0649. The minimum absolute atomic E-state index is 0.397. The number of aromatic nitrogens is 2. The van der Waals surface area contributed by atoms with E-state index < -0.39 is 6.10 Å². The van der Waals surface area contributed by atoms with Crippen molar-refractivity contribution in [3.05, 3.63) is 97.1 Å². The molecule has 0 spiro atoms. The zero-order valence-electron chi connectivity index (χ0n) is 22.4. The van der Waals surface area contributed by atoms with Gasteiger partial charge in [-0.25, -0.2) is 0 Å². The number of fused-ring (bicyclic) bond motifs is 6. The first-order valence-corrected chi connectivity index (χ1v) is 14.3. The molecular formula is C34H36N4O. The molecule has 0 radical (unpaired) electrons. The first kappa shape index (κ1) is 24.4. The Morgan fingerprint density at radius 3 is 1.38 bits per heavy atom. The molecule has 198 valence electrons. The molecule has 7 rings (SSSR count). The van der Waals surface area contributed by atoms with Crippen LogP contribution >= 0.6 is 0 Å². The predicted molar refractivity (Wildman–Crippen MR) is 162 cm³/mol. The monoisotopic (exact) mass is 516 g/mol. The van der Waals surface area contributed by atoms with Crippen molar-refractivity contribution in [3.8, 4) is 0 Å². The van der Waals surface area contributed by atoms with E-state index in [1.165, 1.54) is 43.6 Å². The van der Waals surface area contributed by atoms with Gasteiger partial charge in [0.25, 0.3) is 0 Å². The lowest BCUT2D eigenvalue weighted by Gasteiger charge is -2.35. The van der Waals surface area contributed by atoms with Crippen LogP contribution in [-0.2, 0) is 13.1 Å². The van der Waals surface area contributed by atoms with E-state index in [4.69, 9.17) is 0 Å². The first-order valence-electron chi connectivity index (χ1n) is 14.3. The van der Waals surface area contributed by atoms with E-state index in [0.29, 0.717) is 6.54 Å². The maximum Gasteiger partial charge on any atom is 0.0845 e. The fraction of sp³-hybridized carbons (Fsp3) is 0.294. The van der Waals surface area contributed by atoms with Gasteiger partial charge in [-0.2, -0.15) is 0 Å². The summed E-state index contributed by atoms with van der Waals surface area (Å²) in [6.07, 6.45) is 0.741. The van der Waals surface area contributed by atoms with E-state index in [2.05, 4.69) is 116 Å². The summed E-state index contributed by atoms with van der Waals surface area (Å²) >= 11 is 0. The van der Waals surface area contributed by atoms with E-state index in [-0.39, 0.29) is 0 Å². The van der Waals surface area contributed by atoms with Crippen molar-refractivity contribution < 1.29 is 5.11 Å². The number of nitrogens with zero attached hydrogens (tertiary/aromatic N) is 4. The number of aliphatic hydroxyl groups is 1. The minimum atomic E-state index is -0.397. The molecule has 0 bridgehead atoms. The van der Waals surface area contributed by atoms with Crippen molar-refractivity contribution in [2.45, 2.75) is 25.6 Å². The highest BCUT2D eigenvalue weighted by Gasteiger charge is 2.21. The van der Waals surface area contributed by atoms with Gasteiger partial charge in [0.05, 0.1) is 12.6 Å². The van der Waals surface area contributed by atoms with Gasteiger partial charge >= 0.3 is 0 Å². The van der Waals surface area contributed by atoms with E-state index in [9.17, 15) is 5.11 Å². The summed E-state index contributed by atoms with van der Waals surface area (Å²) < 4.78 is 4.78. The van der Waals surface area contributed by atoms with Gasteiger partial charge in [-0.1, -0.05) is 72.8 Å². The fourth-order valence-corrected chi connectivity index (χ4v) is 6.66. The molecule has 1 unspecified atom stereocenters. The highest BCUT2D eigenvalue weighted by molar-refractivity contribution is 6.08. The molecule has 0 aliphatic carbocycles. The number of rotatable bonds is 8. The van der Waals surface area contributed by atoms with Gasteiger partial charge in [-0.15, -0.1) is 0 Å². The summed E-state index contributed by atoms with van der Waals surface area (Å²) in [7, 11) is 0. The lowest BCUT2D eigenvalue weighted by Crippen LogP contribution is -2.49. The van der Waals surface area contributed by atoms with Crippen LogP contribution < -0.4 is 0 Å². The average molecular weight is 517 g/mol. The number of piperazine rings is 1. The third-order valence-corrected chi connectivity index (χ3v) is 8.54. The molecule has 1 N–H and O–H groups in total. The molecule has 1 saturated heterocycles. The van der Waals surface area contributed by atoms with Gasteiger partial charge in [0.1, 0.15) is 0 Å². The largest absolute Gasteiger partial charge is 0.390 e. The molecule has 5 heteroatoms. The van der Waals surface area contributed by atoms with Crippen LogP contribution in [0.3, 0.4) is 0 Å². The Balaban J connectivity index is 0.945. The number of hydrogen-bond donors (Lipinski definition) is 1. The van der Waals surface area contributed by atoms with Crippen molar-refractivity contribution >= 4 is 43.6 Å². The standard InChI is InChI=1S/C34H36N4O/c39-26(25-38-33-16-7-3-12-29(33)30-13-4-8-17-34(30)38)24-36-22-20-35(21-23-36)18-9-19-37-31-14-5-1-10-27(31)28-11-2-6-15-32(28)37/h1-8,10-17,26,39H,9,18-25H2. The minimum Gasteiger partial charge on any atom is -0.390 e. The van der Waals surface area contributed by atoms with Crippen LogP contribution in [0, 0.1) is 0 Å². The first-order chi connectivity index (χ1) is 19.3. The Morgan fingerprint density at radius 2 is 0.897 bits per heavy atom. The second-order valence-corrected chi connectivity index (χ2v) is 11.0. The van der Waals surface area contributed by atoms with Crippen molar-refractivity contribution in [1.29, 1.82) is 0 Å². The maximum atomic E-state index is 11.1. The molecule has 39 heavy (non-hydrogen) atoms. The van der Waals surface area contributed by atoms with E-state index in [0.717, 1.165) is 52.2 Å². The number of aryl methyl sites for hydroxylation is 1. The van der Waals surface area contributed by atoms with Gasteiger partial charge in [-0.3, -0.25) is 4.90 Å². The SMILES string of the molecule is OC(CN1CCN(CCCn2c3ccccc3c3ccccc32)CC1)Cn1c2ccccc2c2ccccc21. The van der Waals surface area contributed by atoms with Crippen molar-refractivity contribution in [1.82, 2.24) is 18.9 Å². The number of aliphatic hydroxyl groups excluding tert-OH is 1. The van der Waals surface area contributed by atoms with Gasteiger partial charge in [0, 0.05) is 82.9 Å². The average Bonchev–Trinajstić information content (AvgIpc) is 3.47. The second-order valence-electron chi connectivity index (χ2n) is 11.0. The summed E-state index contributed by atoms with van der Waals surface area (Å²) in [6, 6.07) is 34.6. The Morgan fingerprint density at radius 1 is 0.487 bits per heavy atom. The molecule has 1 fully saturated rings. The number of β-amino-alcohol motifs (C(OH)–C–C–N with tert-alkyl or cyclic N) is 1. The number of hydrogen-bond acceptors (Lipinski definition) is 3. The Labute approximate surface area is 229 Å². The van der Waals surface area contributed by atoms with Crippen LogP contribution in [0.1, 0.15) is 6.42 Å². The van der Waals surface area contributed by atoms with E-state index in [1.807, 2.05) is 0 Å². The van der Waals surface area contributed by atoms with Crippen LogP contribution in [0.2, 0.25) is 0 Å². The summed E-state index contributed by atoms with van der Waals surface area (Å²) in [4.78, 5) is 5.02. The van der Waals surface area contributed by atoms with Crippen LogP contribution in [0.15, 0.2) is 97.1 Å². The van der Waals surface area contributed by atoms with Crippen LogP contribution in [0.5, 0.6) is 0 Å².